The molecule has 1 atom stereocenters. The maximum absolute atomic E-state index is 13.1. The fourth-order valence-electron chi connectivity index (χ4n) is 3.99. The lowest BCUT2D eigenvalue weighted by molar-refractivity contribution is -0.157. The first kappa shape index (κ1) is 25.1. The van der Waals surface area contributed by atoms with Crippen LogP contribution in [0.4, 0.5) is 0 Å². The molecule has 0 saturated heterocycles. The van der Waals surface area contributed by atoms with Crippen molar-refractivity contribution in [3.05, 3.63) is 54.1 Å². The van der Waals surface area contributed by atoms with E-state index in [-0.39, 0.29) is 24.4 Å². The summed E-state index contributed by atoms with van der Waals surface area (Å²) < 4.78 is 5.31. The van der Waals surface area contributed by atoms with Crippen LogP contribution < -0.4 is 0 Å². The number of nitrogens with zero attached hydrogens (tertiary/aromatic N) is 4. The molecular weight excluding hydrogens is 430 g/mol. The molecular formula is C26H33N5O3. The largest absolute Gasteiger partial charge is 0.464 e. The Balaban J connectivity index is 1.88. The first-order valence-electron chi connectivity index (χ1n) is 11.8. The second kappa shape index (κ2) is 12.1. The van der Waals surface area contributed by atoms with Gasteiger partial charge in [-0.3, -0.25) is 4.79 Å². The summed E-state index contributed by atoms with van der Waals surface area (Å²) in [6, 6.07) is 15.2. The number of ether oxygens (including phenoxy) is 1. The van der Waals surface area contributed by atoms with Gasteiger partial charge in [-0.1, -0.05) is 75.7 Å². The van der Waals surface area contributed by atoms with Crippen molar-refractivity contribution in [1.29, 1.82) is 0 Å². The molecule has 0 saturated carbocycles. The lowest BCUT2D eigenvalue weighted by atomic mass is 9.97. The zero-order valence-corrected chi connectivity index (χ0v) is 20.3. The lowest BCUT2D eigenvalue weighted by Crippen LogP contribution is -2.48. The molecule has 0 radical (unpaired) electrons. The summed E-state index contributed by atoms with van der Waals surface area (Å²) in [4.78, 5) is 27.6. The van der Waals surface area contributed by atoms with E-state index in [1.165, 1.54) is 0 Å². The smallest absolute Gasteiger partial charge is 0.329 e. The van der Waals surface area contributed by atoms with Crippen molar-refractivity contribution >= 4 is 11.9 Å². The summed E-state index contributed by atoms with van der Waals surface area (Å²) in [5.74, 6) is 0.0838. The van der Waals surface area contributed by atoms with Gasteiger partial charge in [0.15, 0.2) is 0 Å². The number of unbranched alkanes of at least 4 members (excludes halogenated alkanes) is 1. The van der Waals surface area contributed by atoms with Crippen LogP contribution in [0.2, 0.25) is 0 Å². The minimum atomic E-state index is -0.622. The molecule has 0 aliphatic heterocycles. The van der Waals surface area contributed by atoms with E-state index in [0.717, 1.165) is 35.1 Å². The van der Waals surface area contributed by atoms with E-state index in [1.54, 1.807) is 11.8 Å². The molecule has 0 aliphatic rings. The average Bonchev–Trinajstić information content (AvgIpc) is 3.37. The number of amides is 1. The zero-order valence-electron chi connectivity index (χ0n) is 20.3. The number of benzene rings is 2. The Labute approximate surface area is 200 Å². The normalized spacial score (nSPS) is 11.9. The first-order valence-corrected chi connectivity index (χ1v) is 11.8. The molecule has 3 aromatic rings. The van der Waals surface area contributed by atoms with Crippen molar-refractivity contribution in [3.8, 4) is 22.5 Å². The van der Waals surface area contributed by atoms with E-state index in [1.807, 2.05) is 69.3 Å². The van der Waals surface area contributed by atoms with Crippen molar-refractivity contribution < 1.29 is 14.3 Å². The predicted octanol–water partition coefficient (Wildman–Crippen LogP) is 4.64. The molecule has 1 heterocycles. The van der Waals surface area contributed by atoms with Crippen molar-refractivity contribution in [3.63, 3.8) is 0 Å². The number of nitrogens with one attached hydrogen (secondary N) is 1. The van der Waals surface area contributed by atoms with Crippen LogP contribution in [0.5, 0.6) is 0 Å². The van der Waals surface area contributed by atoms with Crippen LogP contribution in [-0.4, -0.2) is 50.0 Å². The topological polar surface area (TPSA) is 101 Å². The highest BCUT2D eigenvalue weighted by molar-refractivity contribution is 5.85. The average molecular weight is 464 g/mol. The van der Waals surface area contributed by atoms with Gasteiger partial charge in [0.1, 0.15) is 6.04 Å². The predicted molar refractivity (Wildman–Crippen MR) is 130 cm³/mol. The zero-order chi connectivity index (χ0) is 24.5. The highest BCUT2D eigenvalue weighted by Gasteiger charge is 2.33. The summed E-state index contributed by atoms with van der Waals surface area (Å²) >= 11 is 0. The Hall–Kier alpha value is -3.55. The molecule has 0 fully saturated rings. The highest BCUT2D eigenvalue weighted by Crippen LogP contribution is 2.30. The van der Waals surface area contributed by atoms with Crippen LogP contribution in [-0.2, 0) is 20.9 Å². The Morgan fingerprint density at radius 2 is 1.74 bits per heavy atom. The third-order valence-electron chi connectivity index (χ3n) is 5.69. The number of H-pyrrole nitrogens is 1. The number of carbonyl (C=O) groups is 2. The summed E-state index contributed by atoms with van der Waals surface area (Å²) in [5, 5.41) is 14.4. The Morgan fingerprint density at radius 3 is 2.32 bits per heavy atom. The van der Waals surface area contributed by atoms with Gasteiger partial charge in [-0.05, 0) is 41.2 Å². The maximum Gasteiger partial charge on any atom is 0.329 e. The molecule has 8 nitrogen and oxygen atoms in total. The lowest BCUT2D eigenvalue weighted by Gasteiger charge is -2.33. The Kier molecular flexibility index (Phi) is 8.90. The molecule has 2 aromatic carbocycles. The van der Waals surface area contributed by atoms with Crippen LogP contribution in [0.3, 0.4) is 0 Å². The molecule has 1 N–H and O–H groups in total. The Morgan fingerprint density at radius 1 is 1.03 bits per heavy atom. The van der Waals surface area contributed by atoms with Gasteiger partial charge in [-0.15, -0.1) is 10.2 Å². The summed E-state index contributed by atoms with van der Waals surface area (Å²) in [7, 11) is 0. The molecule has 34 heavy (non-hydrogen) atoms. The molecule has 8 heteroatoms. The van der Waals surface area contributed by atoms with Gasteiger partial charge in [0, 0.05) is 18.5 Å². The van der Waals surface area contributed by atoms with Gasteiger partial charge < -0.3 is 9.64 Å². The van der Waals surface area contributed by atoms with E-state index >= 15 is 0 Å². The standard InChI is InChI=1S/C26H33N5O3/c1-5-7-12-23(32)31(24(18(3)4)26(33)34-6-2)17-19-13-15-20(16-14-19)21-10-8-9-11-22(21)25-27-29-30-28-25/h8-11,13-16,18,24H,5-7,12,17H2,1-4H3,(H,27,28,29,30). The van der Waals surface area contributed by atoms with E-state index in [9.17, 15) is 9.59 Å². The maximum atomic E-state index is 13.1. The molecule has 3 rings (SSSR count). The molecule has 0 bridgehead atoms. The van der Waals surface area contributed by atoms with Crippen molar-refractivity contribution in [1.82, 2.24) is 25.5 Å². The number of carbonyl (C=O) groups excluding carboxylic acids is 2. The molecule has 1 unspecified atom stereocenters. The monoisotopic (exact) mass is 463 g/mol. The molecule has 1 aromatic heterocycles. The number of esters is 1. The van der Waals surface area contributed by atoms with Crippen LogP contribution in [0.15, 0.2) is 48.5 Å². The van der Waals surface area contributed by atoms with Crippen LogP contribution in [0.1, 0.15) is 52.5 Å². The Bertz CT molecular complexity index is 1060. The minimum absolute atomic E-state index is 0.0277. The molecule has 180 valence electrons. The van der Waals surface area contributed by atoms with E-state index in [2.05, 4.69) is 20.6 Å². The number of hydrogen-bond donors (Lipinski definition) is 1. The molecule has 0 aliphatic carbocycles. The molecule has 0 spiro atoms. The number of aromatic nitrogens is 4. The van der Waals surface area contributed by atoms with Gasteiger partial charge in [-0.25, -0.2) is 4.79 Å². The fourth-order valence-corrected chi connectivity index (χ4v) is 3.99. The van der Waals surface area contributed by atoms with Gasteiger partial charge in [0.25, 0.3) is 0 Å². The quantitative estimate of drug-likeness (QED) is 0.416. The van der Waals surface area contributed by atoms with Crippen molar-refractivity contribution in [2.24, 2.45) is 5.92 Å². The number of aromatic amines is 1. The third kappa shape index (κ3) is 6.07. The summed E-state index contributed by atoms with van der Waals surface area (Å²) in [6.07, 6.45) is 2.11. The van der Waals surface area contributed by atoms with E-state index in [4.69, 9.17) is 4.74 Å². The van der Waals surface area contributed by atoms with Gasteiger partial charge >= 0.3 is 5.97 Å². The van der Waals surface area contributed by atoms with Gasteiger partial charge in [0.05, 0.1) is 6.61 Å². The van der Waals surface area contributed by atoms with Gasteiger partial charge in [0.2, 0.25) is 11.7 Å². The fraction of sp³-hybridized carbons (Fsp3) is 0.423. The van der Waals surface area contributed by atoms with Crippen LogP contribution >= 0.6 is 0 Å². The first-order chi connectivity index (χ1) is 16.5. The SMILES string of the molecule is CCCCC(=O)N(Cc1ccc(-c2ccccc2-c2nn[nH]n2)cc1)C(C(=O)OCC)C(C)C. The third-order valence-corrected chi connectivity index (χ3v) is 5.69. The summed E-state index contributed by atoms with van der Waals surface area (Å²) in [5.41, 5.74) is 3.81. The number of rotatable bonds is 11. The highest BCUT2D eigenvalue weighted by atomic mass is 16.5. The second-order valence-corrected chi connectivity index (χ2v) is 8.54. The number of tetrazole rings is 1. The van der Waals surface area contributed by atoms with Crippen molar-refractivity contribution in [2.75, 3.05) is 6.61 Å². The van der Waals surface area contributed by atoms with Crippen LogP contribution in [0.25, 0.3) is 22.5 Å². The van der Waals surface area contributed by atoms with Crippen molar-refractivity contribution in [2.45, 2.75) is 59.5 Å². The number of hydrogen-bond acceptors (Lipinski definition) is 6. The molecule has 1 amide bonds. The van der Waals surface area contributed by atoms with Crippen LogP contribution in [0, 0.1) is 5.92 Å². The van der Waals surface area contributed by atoms with Gasteiger partial charge in [-0.2, -0.15) is 5.21 Å². The van der Waals surface area contributed by atoms with E-state index < -0.39 is 6.04 Å². The second-order valence-electron chi connectivity index (χ2n) is 8.54. The van der Waals surface area contributed by atoms with E-state index in [0.29, 0.717) is 18.8 Å². The minimum Gasteiger partial charge on any atom is -0.464 e. The summed E-state index contributed by atoms with van der Waals surface area (Å²) in [6.45, 7) is 8.35.